The van der Waals surface area contributed by atoms with Crippen molar-refractivity contribution in [1.82, 2.24) is 20.6 Å². The summed E-state index contributed by atoms with van der Waals surface area (Å²) in [5.41, 5.74) is 0. The Morgan fingerprint density at radius 2 is 2.03 bits per heavy atom. The zero-order valence-electron chi connectivity index (χ0n) is 19.7. The molecule has 1 saturated heterocycles. The van der Waals surface area contributed by atoms with Crippen molar-refractivity contribution in [1.29, 1.82) is 0 Å². The van der Waals surface area contributed by atoms with Gasteiger partial charge in [-0.1, -0.05) is 18.2 Å². The summed E-state index contributed by atoms with van der Waals surface area (Å²) in [6.07, 6.45) is -2.08. The molecule has 0 aliphatic carbocycles. The third-order valence-electron chi connectivity index (χ3n) is 4.84. The molecule has 194 valence electrons. The molecule has 1 aromatic carbocycles. The smallest absolute Gasteiger partial charge is 0.459 e. The number of carbonyl (C=O) groups excluding carboxylic acids is 2. The van der Waals surface area contributed by atoms with E-state index in [1.807, 2.05) is 0 Å². The van der Waals surface area contributed by atoms with Crippen molar-refractivity contribution in [2.45, 2.75) is 64.4 Å². The van der Waals surface area contributed by atoms with Crippen LogP contribution in [0.4, 0.5) is 4.39 Å². The fraction of sp³-hybridized carbons (Fsp3) is 0.524. The summed E-state index contributed by atoms with van der Waals surface area (Å²) in [5.74, 6) is -3.19. The first-order valence-corrected chi connectivity index (χ1v) is 12.5. The van der Waals surface area contributed by atoms with Crippen LogP contribution in [0.2, 0.25) is 0 Å². The van der Waals surface area contributed by atoms with E-state index in [1.54, 1.807) is 44.2 Å². The molecule has 2 heterocycles. The second kappa shape index (κ2) is 11.0. The Morgan fingerprint density at radius 1 is 1.34 bits per heavy atom. The van der Waals surface area contributed by atoms with Gasteiger partial charge in [-0.15, -0.1) is 0 Å². The highest BCUT2D eigenvalue weighted by atomic mass is 31.2. The Kier molecular flexibility index (Phi) is 8.52. The van der Waals surface area contributed by atoms with Crippen LogP contribution in [0.5, 0.6) is 5.75 Å². The first kappa shape index (κ1) is 27.1. The maximum absolute atomic E-state index is 15.2. The van der Waals surface area contributed by atoms with Crippen LogP contribution in [0, 0.1) is 0 Å². The summed E-state index contributed by atoms with van der Waals surface area (Å²) < 4.78 is 50.5. The molecule has 2 aliphatic rings. The van der Waals surface area contributed by atoms with Gasteiger partial charge in [0, 0.05) is 12.3 Å². The maximum atomic E-state index is 15.2. The Hall–Kier alpha value is -2.54. The minimum Gasteiger partial charge on any atom is -0.462 e. The average Bonchev–Trinajstić information content (AvgIpc) is 3.06. The Morgan fingerprint density at radius 3 is 2.66 bits per heavy atom. The number of amides is 1. The van der Waals surface area contributed by atoms with Crippen molar-refractivity contribution in [3.63, 3.8) is 0 Å². The molecule has 2 aliphatic heterocycles. The molecule has 6 atom stereocenters. The zero-order chi connectivity index (χ0) is 25.8. The molecule has 0 bridgehead atoms. The Bertz CT molecular complexity index is 979. The summed E-state index contributed by atoms with van der Waals surface area (Å²) in [5, 5.41) is 17.4. The van der Waals surface area contributed by atoms with E-state index in [4.69, 9.17) is 18.5 Å². The van der Waals surface area contributed by atoms with Crippen molar-refractivity contribution >= 4 is 19.6 Å². The lowest BCUT2D eigenvalue weighted by Crippen LogP contribution is -2.58. The second-order valence-electron chi connectivity index (χ2n) is 8.38. The molecule has 0 radical (unpaired) electrons. The summed E-state index contributed by atoms with van der Waals surface area (Å²) in [4.78, 5) is 24.7. The van der Waals surface area contributed by atoms with Crippen molar-refractivity contribution in [3.8, 4) is 5.75 Å². The van der Waals surface area contributed by atoms with E-state index in [0.717, 1.165) is 11.0 Å². The van der Waals surface area contributed by atoms with Gasteiger partial charge in [-0.25, -0.2) is 8.96 Å². The molecule has 1 amide bonds. The standard InChI is InChI=1S/C21H30FN4O8P/c1-13(2)32-18(28)14(3)25-35(30,34-15-8-6-5-7-9-15)31-12-17-24-21(4,22)19(33-17)26-11-10-16(27)23-20(26)29/h5-11,13-14,17,19-20,24,29H,12H2,1-4H3,(H,23,27)(H,25,30)/t14-,17+,19+,20?,21+,35?/m0/s1. The van der Waals surface area contributed by atoms with E-state index in [2.05, 4.69) is 15.7 Å². The Balaban J connectivity index is 1.70. The molecule has 2 unspecified atom stereocenters. The molecule has 1 aromatic rings. The minimum atomic E-state index is -4.19. The highest BCUT2D eigenvalue weighted by Crippen LogP contribution is 2.45. The van der Waals surface area contributed by atoms with Crippen LogP contribution >= 0.6 is 7.75 Å². The Labute approximate surface area is 202 Å². The first-order valence-electron chi connectivity index (χ1n) is 10.9. The van der Waals surface area contributed by atoms with Gasteiger partial charge in [0.2, 0.25) is 18.1 Å². The van der Waals surface area contributed by atoms with E-state index in [-0.39, 0.29) is 11.9 Å². The van der Waals surface area contributed by atoms with Gasteiger partial charge in [-0.05, 0) is 39.8 Å². The number of aliphatic hydroxyl groups is 1. The van der Waals surface area contributed by atoms with Gasteiger partial charge in [-0.3, -0.25) is 19.4 Å². The zero-order valence-corrected chi connectivity index (χ0v) is 20.6. The van der Waals surface area contributed by atoms with Gasteiger partial charge in [0.05, 0.1) is 12.7 Å². The molecular formula is C21H30FN4O8P. The van der Waals surface area contributed by atoms with E-state index in [1.165, 1.54) is 20.0 Å². The normalized spacial score (nSPS) is 28.9. The van der Waals surface area contributed by atoms with Crippen LogP contribution in [-0.4, -0.2) is 65.2 Å². The number of carbonyl (C=O) groups is 2. The topological polar surface area (TPSA) is 148 Å². The second-order valence-corrected chi connectivity index (χ2v) is 10.1. The number of nitrogens with one attached hydrogen (secondary N) is 3. The quantitative estimate of drug-likeness (QED) is 0.203. The lowest BCUT2D eigenvalue weighted by molar-refractivity contribution is -0.158. The number of rotatable bonds is 10. The highest BCUT2D eigenvalue weighted by Gasteiger charge is 2.50. The third kappa shape index (κ3) is 7.23. The van der Waals surface area contributed by atoms with E-state index < -0.39 is 56.9 Å². The maximum Gasteiger partial charge on any atom is 0.459 e. The predicted molar refractivity (Wildman–Crippen MR) is 121 cm³/mol. The van der Waals surface area contributed by atoms with Crippen LogP contribution in [0.1, 0.15) is 27.7 Å². The first-order chi connectivity index (χ1) is 16.4. The lowest BCUT2D eigenvalue weighted by atomic mass is 10.2. The number of aliphatic hydroxyl groups excluding tert-OH is 1. The van der Waals surface area contributed by atoms with Crippen molar-refractivity contribution in [2.75, 3.05) is 6.61 Å². The molecule has 14 heteroatoms. The van der Waals surface area contributed by atoms with Gasteiger partial charge in [0.25, 0.3) is 0 Å². The van der Waals surface area contributed by atoms with Gasteiger partial charge in [0.1, 0.15) is 18.0 Å². The predicted octanol–water partition coefficient (Wildman–Crippen LogP) is 1.30. The van der Waals surface area contributed by atoms with Crippen LogP contribution < -0.4 is 20.2 Å². The monoisotopic (exact) mass is 516 g/mol. The SMILES string of the molecule is CC(C)OC(=O)[C@H](C)NP(=O)(OC[C@@H]1N[C@@](C)(F)[C@H](N2C=CC(=O)NC2O)O1)Oc1ccccc1. The largest absolute Gasteiger partial charge is 0.462 e. The molecule has 0 saturated carbocycles. The lowest BCUT2D eigenvalue weighted by Gasteiger charge is -2.37. The number of hydrogen-bond acceptors (Lipinski definition) is 10. The molecule has 35 heavy (non-hydrogen) atoms. The molecule has 0 spiro atoms. The van der Waals surface area contributed by atoms with Crippen LogP contribution in [-0.2, 0) is 28.2 Å². The highest BCUT2D eigenvalue weighted by molar-refractivity contribution is 7.52. The molecule has 12 nitrogen and oxygen atoms in total. The number of para-hydroxylation sites is 1. The van der Waals surface area contributed by atoms with Gasteiger partial charge < -0.3 is 29.3 Å². The summed E-state index contributed by atoms with van der Waals surface area (Å²) >= 11 is 0. The fourth-order valence-electron chi connectivity index (χ4n) is 3.33. The number of nitrogens with zero attached hydrogens (tertiary/aromatic N) is 1. The fourth-order valence-corrected chi connectivity index (χ4v) is 4.82. The van der Waals surface area contributed by atoms with Crippen molar-refractivity contribution < 1.29 is 42.2 Å². The van der Waals surface area contributed by atoms with Crippen molar-refractivity contribution in [3.05, 3.63) is 42.6 Å². The number of benzene rings is 1. The van der Waals surface area contributed by atoms with E-state index in [9.17, 15) is 19.3 Å². The van der Waals surface area contributed by atoms with Gasteiger partial charge in [0.15, 0.2) is 6.23 Å². The van der Waals surface area contributed by atoms with Crippen LogP contribution in [0.15, 0.2) is 42.6 Å². The average molecular weight is 516 g/mol. The number of halogens is 1. The summed E-state index contributed by atoms with van der Waals surface area (Å²) in [6.45, 7) is 5.51. The third-order valence-corrected chi connectivity index (χ3v) is 6.49. The number of esters is 1. The van der Waals surface area contributed by atoms with Gasteiger partial charge >= 0.3 is 13.7 Å². The molecule has 1 fully saturated rings. The molecule has 3 rings (SSSR count). The molecule has 4 N–H and O–H groups in total. The van der Waals surface area contributed by atoms with E-state index in [0.29, 0.717) is 0 Å². The summed E-state index contributed by atoms with van der Waals surface area (Å²) in [6, 6.07) is 7.10. The minimum absolute atomic E-state index is 0.207. The summed E-state index contributed by atoms with van der Waals surface area (Å²) in [7, 11) is -4.19. The molecule has 0 aromatic heterocycles. The molecular weight excluding hydrogens is 486 g/mol. The van der Waals surface area contributed by atoms with Crippen molar-refractivity contribution in [2.24, 2.45) is 0 Å². The van der Waals surface area contributed by atoms with Gasteiger partial charge in [-0.2, -0.15) is 5.09 Å². The van der Waals surface area contributed by atoms with E-state index >= 15 is 4.39 Å². The number of alkyl halides is 1. The number of hydrogen-bond donors (Lipinski definition) is 4. The van der Waals surface area contributed by atoms with Crippen LogP contribution in [0.25, 0.3) is 0 Å². The number of ether oxygens (including phenoxy) is 2. The van der Waals surface area contributed by atoms with Crippen LogP contribution in [0.3, 0.4) is 0 Å².